The first-order valence-electron chi connectivity index (χ1n) is 12.2. The minimum atomic E-state index is -0.420. The number of anilines is 4. The average Bonchev–Trinajstić information content (AvgIpc) is 3.29. The van der Waals surface area contributed by atoms with E-state index in [9.17, 15) is 4.39 Å². The zero-order valence-electron chi connectivity index (χ0n) is 19.8. The molecule has 0 unspecified atom stereocenters. The topological polar surface area (TPSA) is 92.4 Å². The van der Waals surface area contributed by atoms with Crippen molar-refractivity contribution in [2.45, 2.75) is 57.9 Å². The first-order valence-corrected chi connectivity index (χ1v) is 12.2. The molecule has 0 amide bonds. The first-order chi connectivity index (χ1) is 16.1. The van der Waals surface area contributed by atoms with Gasteiger partial charge in [-0.25, -0.2) is 4.39 Å². The monoisotopic (exact) mass is 457 g/mol. The highest BCUT2D eigenvalue weighted by Crippen LogP contribution is 2.31. The van der Waals surface area contributed by atoms with E-state index in [-0.39, 0.29) is 11.7 Å². The van der Waals surface area contributed by atoms with Crippen LogP contribution < -0.4 is 20.7 Å². The van der Waals surface area contributed by atoms with Crippen molar-refractivity contribution in [3.8, 4) is 5.75 Å². The predicted octanol–water partition coefficient (Wildman–Crippen LogP) is 4.22. The number of ether oxygens (including phenoxy) is 1. The van der Waals surface area contributed by atoms with E-state index >= 15 is 0 Å². The minimum absolute atomic E-state index is 0.156. The standard InChI is InChI=1S/C24H36FN7O/c1-3-31-13-7-10-19(31)16-32(18-11-12-21(33-2)20(25)14-18)24-29-22(26)28-23(30-24)27-15-17-8-5-4-6-9-17/h11-12,14,17,19H,3-10,13,15-16H2,1-2H3,(H3,26,27,28,29,30)/t19-/m1/s1. The Balaban J connectivity index is 1.61. The molecule has 0 radical (unpaired) electrons. The van der Waals surface area contributed by atoms with Crippen LogP contribution >= 0.6 is 0 Å². The van der Waals surface area contributed by atoms with Crippen molar-refractivity contribution >= 4 is 23.5 Å². The van der Waals surface area contributed by atoms with Crippen molar-refractivity contribution in [2.75, 3.05) is 49.2 Å². The number of likely N-dealkylation sites (N-methyl/N-ethyl adjacent to an activating group) is 1. The van der Waals surface area contributed by atoms with Gasteiger partial charge in [-0.05, 0) is 56.8 Å². The third kappa shape index (κ3) is 5.82. The van der Waals surface area contributed by atoms with E-state index in [1.807, 2.05) is 11.0 Å². The Morgan fingerprint density at radius 2 is 1.97 bits per heavy atom. The second-order valence-electron chi connectivity index (χ2n) is 9.06. The van der Waals surface area contributed by atoms with Crippen molar-refractivity contribution < 1.29 is 9.13 Å². The fourth-order valence-corrected chi connectivity index (χ4v) is 5.06. The van der Waals surface area contributed by atoms with Gasteiger partial charge in [-0.3, -0.25) is 4.90 Å². The summed E-state index contributed by atoms with van der Waals surface area (Å²) < 4.78 is 19.7. The van der Waals surface area contributed by atoms with E-state index < -0.39 is 5.82 Å². The van der Waals surface area contributed by atoms with Crippen LogP contribution in [0.5, 0.6) is 5.75 Å². The van der Waals surface area contributed by atoms with Gasteiger partial charge in [0.1, 0.15) is 0 Å². The van der Waals surface area contributed by atoms with Crippen LogP contribution in [-0.4, -0.2) is 59.2 Å². The van der Waals surface area contributed by atoms with Gasteiger partial charge in [0.25, 0.3) is 0 Å². The van der Waals surface area contributed by atoms with Crippen LogP contribution in [0, 0.1) is 11.7 Å². The molecule has 2 aliphatic rings. The number of nitrogens with zero attached hydrogens (tertiary/aromatic N) is 5. The molecule has 0 spiro atoms. The number of hydrogen-bond acceptors (Lipinski definition) is 8. The molecule has 1 saturated carbocycles. The van der Waals surface area contributed by atoms with Gasteiger partial charge in [0.15, 0.2) is 11.6 Å². The summed E-state index contributed by atoms with van der Waals surface area (Å²) in [4.78, 5) is 17.8. The highest BCUT2D eigenvalue weighted by Gasteiger charge is 2.28. The van der Waals surface area contributed by atoms with Gasteiger partial charge in [0.2, 0.25) is 17.8 Å². The maximum absolute atomic E-state index is 14.6. The van der Waals surface area contributed by atoms with Crippen LogP contribution in [0.1, 0.15) is 51.9 Å². The second kappa shape index (κ2) is 11.0. The number of halogens is 1. The number of methoxy groups -OCH3 is 1. The Morgan fingerprint density at radius 3 is 2.70 bits per heavy atom. The number of hydrogen-bond donors (Lipinski definition) is 2. The Bertz CT molecular complexity index is 922. The Kier molecular flexibility index (Phi) is 7.80. The summed E-state index contributed by atoms with van der Waals surface area (Å²) in [7, 11) is 1.46. The summed E-state index contributed by atoms with van der Waals surface area (Å²) >= 11 is 0. The molecule has 4 rings (SSSR count). The van der Waals surface area contributed by atoms with E-state index in [1.54, 1.807) is 6.07 Å². The number of rotatable bonds is 9. The second-order valence-corrected chi connectivity index (χ2v) is 9.06. The minimum Gasteiger partial charge on any atom is -0.494 e. The van der Waals surface area contributed by atoms with Gasteiger partial charge >= 0.3 is 0 Å². The van der Waals surface area contributed by atoms with Crippen molar-refractivity contribution in [1.82, 2.24) is 19.9 Å². The Hall–Kier alpha value is -2.68. The summed E-state index contributed by atoms with van der Waals surface area (Å²) in [5.74, 6) is 1.48. The first kappa shape index (κ1) is 23.5. The van der Waals surface area contributed by atoms with Crippen LogP contribution in [0.25, 0.3) is 0 Å². The van der Waals surface area contributed by atoms with Crippen molar-refractivity contribution in [3.05, 3.63) is 24.0 Å². The fourth-order valence-electron chi connectivity index (χ4n) is 5.06. The van der Waals surface area contributed by atoms with Crippen LogP contribution in [-0.2, 0) is 0 Å². The lowest BCUT2D eigenvalue weighted by molar-refractivity contribution is 0.271. The molecular formula is C24H36FN7O. The maximum Gasteiger partial charge on any atom is 0.236 e. The molecule has 180 valence electrons. The number of aromatic nitrogens is 3. The van der Waals surface area contributed by atoms with Gasteiger partial charge in [-0.1, -0.05) is 26.2 Å². The molecule has 0 bridgehead atoms. The van der Waals surface area contributed by atoms with E-state index in [2.05, 4.69) is 27.1 Å². The third-order valence-corrected chi connectivity index (χ3v) is 6.90. The molecule has 2 heterocycles. The van der Waals surface area contributed by atoms with Crippen LogP contribution in [0.3, 0.4) is 0 Å². The molecule has 1 aromatic carbocycles. The van der Waals surface area contributed by atoms with E-state index in [0.29, 0.717) is 36.1 Å². The number of likely N-dealkylation sites (tertiary alicyclic amines) is 1. The zero-order valence-corrected chi connectivity index (χ0v) is 19.8. The van der Waals surface area contributed by atoms with Gasteiger partial charge in [0, 0.05) is 30.9 Å². The molecule has 3 N–H and O–H groups in total. The fraction of sp³-hybridized carbons (Fsp3) is 0.625. The van der Waals surface area contributed by atoms with Gasteiger partial charge in [0.05, 0.1) is 7.11 Å². The molecule has 2 fully saturated rings. The summed E-state index contributed by atoms with van der Waals surface area (Å²) in [5, 5.41) is 3.37. The van der Waals surface area contributed by atoms with E-state index in [1.165, 1.54) is 45.3 Å². The highest BCUT2D eigenvalue weighted by atomic mass is 19.1. The van der Waals surface area contributed by atoms with Gasteiger partial charge in [-0.15, -0.1) is 0 Å². The Morgan fingerprint density at radius 1 is 1.15 bits per heavy atom. The largest absolute Gasteiger partial charge is 0.494 e. The van der Waals surface area contributed by atoms with E-state index in [0.717, 1.165) is 32.5 Å². The predicted molar refractivity (Wildman–Crippen MR) is 130 cm³/mol. The lowest BCUT2D eigenvalue weighted by atomic mass is 9.89. The van der Waals surface area contributed by atoms with E-state index in [4.69, 9.17) is 15.5 Å². The SMILES string of the molecule is CCN1CCC[C@@H]1CN(c1ccc(OC)c(F)c1)c1nc(N)nc(NCC2CCCCC2)n1. The summed E-state index contributed by atoms with van der Waals surface area (Å²) in [6.45, 7) is 5.68. The number of nitrogen functional groups attached to an aromatic ring is 1. The average molecular weight is 458 g/mol. The van der Waals surface area contributed by atoms with Crippen molar-refractivity contribution in [1.29, 1.82) is 0 Å². The lowest BCUT2D eigenvalue weighted by Gasteiger charge is -2.30. The smallest absolute Gasteiger partial charge is 0.236 e. The van der Waals surface area contributed by atoms with Crippen molar-refractivity contribution in [2.24, 2.45) is 5.92 Å². The summed E-state index contributed by atoms with van der Waals surface area (Å²) in [6.07, 6.45) is 8.57. The molecule has 9 heteroatoms. The molecule has 8 nitrogen and oxygen atoms in total. The number of nitrogens with one attached hydrogen (secondary N) is 1. The molecule has 1 saturated heterocycles. The maximum atomic E-state index is 14.6. The highest BCUT2D eigenvalue weighted by molar-refractivity contribution is 5.60. The molecule has 1 aliphatic heterocycles. The van der Waals surface area contributed by atoms with Gasteiger partial charge < -0.3 is 20.7 Å². The number of benzene rings is 1. The summed E-state index contributed by atoms with van der Waals surface area (Å²) in [6, 6.07) is 5.27. The number of nitrogens with two attached hydrogens (primary N) is 1. The van der Waals surface area contributed by atoms with Crippen LogP contribution in [0.15, 0.2) is 18.2 Å². The zero-order chi connectivity index (χ0) is 23.2. The molecule has 1 aliphatic carbocycles. The molecule has 2 aromatic rings. The molecule has 1 aromatic heterocycles. The van der Waals surface area contributed by atoms with Gasteiger partial charge in [-0.2, -0.15) is 15.0 Å². The molecule has 1 atom stereocenters. The molecular weight excluding hydrogens is 421 g/mol. The Labute approximate surface area is 195 Å². The quantitative estimate of drug-likeness (QED) is 0.578. The van der Waals surface area contributed by atoms with Crippen LogP contribution in [0.4, 0.5) is 27.9 Å². The molecule has 33 heavy (non-hydrogen) atoms. The summed E-state index contributed by atoms with van der Waals surface area (Å²) in [5.41, 5.74) is 6.75. The third-order valence-electron chi connectivity index (χ3n) is 6.90. The normalized spacial score (nSPS) is 19.5. The van der Waals surface area contributed by atoms with Crippen molar-refractivity contribution in [3.63, 3.8) is 0 Å². The van der Waals surface area contributed by atoms with Crippen LogP contribution in [0.2, 0.25) is 0 Å². The lowest BCUT2D eigenvalue weighted by Crippen LogP contribution is -2.39.